The maximum Gasteiger partial charge on any atom is 0.219 e. The summed E-state index contributed by atoms with van der Waals surface area (Å²) in [5, 5.41) is 23.3. The van der Waals surface area contributed by atoms with Crippen molar-refractivity contribution in [2.24, 2.45) is 4.99 Å². The quantitative estimate of drug-likeness (QED) is 0.191. The maximum absolute atomic E-state index is 9.49. The van der Waals surface area contributed by atoms with E-state index in [1.165, 1.54) is 0 Å². The molecule has 0 rings (SSSR count). The van der Waals surface area contributed by atoms with Gasteiger partial charge in [-0.3, -0.25) is 10.7 Å². The standard InChI is InChI=1S/C14H30N6O2/c1-16-13(21)7-6-12(17-8-11-22-5)18-14(15)20(4)10-9-19(2)3/h6-7,13,16,21H,8-11H2,1-5H3,(H2,15,17,18)/b7-6+. The molecule has 0 aromatic carbocycles. The molecule has 0 heterocycles. The smallest absolute Gasteiger partial charge is 0.219 e. The summed E-state index contributed by atoms with van der Waals surface area (Å²) < 4.78 is 4.98. The third-order valence-electron chi connectivity index (χ3n) is 2.82. The summed E-state index contributed by atoms with van der Waals surface area (Å²) in [5.41, 5.74) is 0. The van der Waals surface area contributed by atoms with E-state index >= 15 is 0 Å². The van der Waals surface area contributed by atoms with Gasteiger partial charge in [-0.1, -0.05) is 0 Å². The molecule has 1 atom stereocenters. The first kappa shape index (κ1) is 20.5. The molecule has 4 N–H and O–H groups in total. The predicted molar refractivity (Wildman–Crippen MR) is 90.4 cm³/mol. The molecule has 0 bridgehead atoms. The molecule has 0 saturated heterocycles. The number of nitrogens with zero attached hydrogens (tertiary/aromatic N) is 3. The van der Waals surface area contributed by atoms with Crippen molar-refractivity contribution in [3.8, 4) is 0 Å². The van der Waals surface area contributed by atoms with Gasteiger partial charge in [-0.15, -0.1) is 0 Å². The van der Waals surface area contributed by atoms with Gasteiger partial charge in [-0.05, 0) is 33.3 Å². The van der Waals surface area contributed by atoms with E-state index in [0.717, 1.165) is 6.54 Å². The average molecular weight is 314 g/mol. The van der Waals surface area contributed by atoms with Gasteiger partial charge in [-0.2, -0.15) is 4.99 Å². The summed E-state index contributed by atoms with van der Waals surface area (Å²) in [7, 11) is 9.08. The van der Waals surface area contributed by atoms with Crippen LogP contribution in [0.25, 0.3) is 0 Å². The van der Waals surface area contributed by atoms with Crippen molar-refractivity contribution in [1.29, 1.82) is 5.41 Å². The molecule has 8 nitrogen and oxygen atoms in total. The van der Waals surface area contributed by atoms with Gasteiger partial charge in [0.1, 0.15) is 12.1 Å². The van der Waals surface area contributed by atoms with Gasteiger partial charge in [0, 0.05) is 33.8 Å². The average Bonchev–Trinajstić information content (AvgIpc) is 2.49. The monoisotopic (exact) mass is 314 g/mol. The molecule has 0 aliphatic heterocycles. The SMILES string of the molecule is CNC(O)/C=C/C(=N\C(=N)N(C)CCN(C)C)NCCOC. The first-order valence-corrected chi connectivity index (χ1v) is 7.20. The molecule has 0 spiro atoms. The Morgan fingerprint density at radius 3 is 2.59 bits per heavy atom. The number of guanidine groups is 1. The molecule has 1 unspecified atom stereocenters. The van der Waals surface area contributed by atoms with E-state index in [4.69, 9.17) is 10.1 Å². The Bertz CT molecular complexity index is 370. The van der Waals surface area contributed by atoms with Crippen LogP contribution >= 0.6 is 0 Å². The molecule has 0 aliphatic rings. The number of hydrogen-bond donors (Lipinski definition) is 4. The molecule has 0 radical (unpaired) electrons. The number of amidine groups is 1. The van der Waals surface area contributed by atoms with Crippen LogP contribution in [0.3, 0.4) is 0 Å². The van der Waals surface area contributed by atoms with Crippen LogP contribution in [0.5, 0.6) is 0 Å². The van der Waals surface area contributed by atoms with Gasteiger partial charge in [0.2, 0.25) is 5.96 Å². The highest BCUT2D eigenvalue weighted by atomic mass is 16.5. The number of methoxy groups -OCH3 is 1. The minimum Gasteiger partial charge on any atom is -0.383 e. The fourth-order valence-electron chi connectivity index (χ4n) is 1.35. The highest BCUT2D eigenvalue weighted by Gasteiger charge is 2.05. The van der Waals surface area contributed by atoms with Crippen LogP contribution in [0, 0.1) is 5.41 Å². The van der Waals surface area contributed by atoms with E-state index in [2.05, 4.69) is 20.5 Å². The summed E-state index contributed by atoms with van der Waals surface area (Å²) in [6.07, 6.45) is 2.45. The lowest BCUT2D eigenvalue weighted by Gasteiger charge is -2.20. The van der Waals surface area contributed by atoms with Crippen molar-refractivity contribution >= 4 is 11.8 Å². The van der Waals surface area contributed by atoms with Crippen LogP contribution in [-0.4, -0.2) is 94.5 Å². The normalized spacial score (nSPS) is 13.7. The topological polar surface area (TPSA) is 96.2 Å². The number of aliphatic hydroxyl groups is 1. The zero-order valence-corrected chi connectivity index (χ0v) is 14.3. The zero-order chi connectivity index (χ0) is 17.0. The molecular formula is C14H30N6O2. The van der Waals surface area contributed by atoms with Crippen LogP contribution in [0.4, 0.5) is 0 Å². The molecule has 128 valence electrons. The van der Waals surface area contributed by atoms with Gasteiger partial charge in [0.15, 0.2) is 0 Å². The van der Waals surface area contributed by atoms with E-state index < -0.39 is 6.23 Å². The lowest BCUT2D eigenvalue weighted by molar-refractivity contribution is 0.195. The van der Waals surface area contributed by atoms with E-state index in [1.807, 2.05) is 21.1 Å². The molecule has 0 fully saturated rings. The molecule has 22 heavy (non-hydrogen) atoms. The summed E-state index contributed by atoms with van der Waals surface area (Å²) in [4.78, 5) is 8.06. The number of aliphatic imine (C=N–C) groups is 1. The number of hydrogen-bond acceptors (Lipinski definition) is 5. The van der Waals surface area contributed by atoms with Crippen LogP contribution in [0.15, 0.2) is 17.1 Å². The predicted octanol–water partition coefficient (Wildman–Crippen LogP) is -0.857. The zero-order valence-electron chi connectivity index (χ0n) is 14.3. The Kier molecular flexibility index (Phi) is 11.3. The lowest BCUT2D eigenvalue weighted by atomic mass is 10.4. The molecule has 0 aromatic rings. The highest BCUT2D eigenvalue weighted by Crippen LogP contribution is 1.91. The van der Waals surface area contributed by atoms with Crippen LogP contribution < -0.4 is 10.6 Å². The Labute approximate surface area is 133 Å². The molecule has 0 aromatic heterocycles. The second-order valence-corrected chi connectivity index (χ2v) is 5.06. The molecular weight excluding hydrogens is 284 g/mol. The Morgan fingerprint density at radius 1 is 1.36 bits per heavy atom. The first-order chi connectivity index (χ1) is 10.4. The molecule has 0 aliphatic carbocycles. The fraction of sp³-hybridized carbons (Fsp3) is 0.714. The van der Waals surface area contributed by atoms with Gasteiger partial charge in [0.05, 0.1) is 6.61 Å². The number of ether oxygens (including phenoxy) is 1. The summed E-state index contributed by atoms with van der Waals surface area (Å²) in [5.74, 6) is 0.665. The van der Waals surface area contributed by atoms with Gasteiger partial charge >= 0.3 is 0 Å². The third kappa shape index (κ3) is 10.3. The second-order valence-electron chi connectivity index (χ2n) is 5.06. The van der Waals surface area contributed by atoms with E-state index in [9.17, 15) is 5.11 Å². The number of aliphatic hydroxyl groups excluding tert-OH is 1. The van der Waals surface area contributed by atoms with Crippen molar-refractivity contribution in [2.45, 2.75) is 6.23 Å². The minimum absolute atomic E-state index is 0.158. The van der Waals surface area contributed by atoms with Gasteiger partial charge in [0.25, 0.3) is 0 Å². The second kappa shape index (κ2) is 12.1. The van der Waals surface area contributed by atoms with Crippen LogP contribution in [0.1, 0.15) is 0 Å². The third-order valence-corrected chi connectivity index (χ3v) is 2.82. The Balaban J connectivity index is 4.73. The van der Waals surface area contributed by atoms with Crippen LogP contribution in [-0.2, 0) is 4.74 Å². The summed E-state index contributed by atoms with van der Waals surface area (Å²) in [6, 6.07) is 0. The number of rotatable bonds is 9. The molecule has 0 amide bonds. The summed E-state index contributed by atoms with van der Waals surface area (Å²) in [6.45, 7) is 2.66. The fourth-order valence-corrected chi connectivity index (χ4v) is 1.35. The van der Waals surface area contributed by atoms with Crippen molar-refractivity contribution in [2.75, 3.05) is 61.5 Å². The highest BCUT2D eigenvalue weighted by molar-refractivity contribution is 6.01. The van der Waals surface area contributed by atoms with E-state index in [1.54, 1.807) is 31.2 Å². The summed E-state index contributed by atoms with van der Waals surface area (Å²) >= 11 is 0. The Hall–Kier alpha value is -1.48. The Morgan fingerprint density at radius 2 is 2.05 bits per heavy atom. The van der Waals surface area contributed by atoms with Crippen molar-refractivity contribution in [1.82, 2.24) is 20.4 Å². The van der Waals surface area contributed by atoms with Crippen molar-refractivity contribution in [3.63, 3.8) is 0 Å². The minimum atomic E-state index is -0.755. The van der Waals surface area contributed by atoms with Gasteiger partial charge in [-0.25, -0.2) is 0 Å². The molecule has 8 heteroatoms. The lowest BCUT2D eigenvalue weighted by Crippen LogP contribution is -2.34. The largest absolute Gasteiger partial charge is 0.383 e. The van der Waals surface area contributed by atoms with E-state index in [0.29, 0.717) is 25.5 Å². The number of nitrogens with one attached hydrogen (secondary N) is 3. The van der Waals surface area contributed by atoms with Gasteiger partial charge < -0.3 is 25.0 Å². The molecule has 0 saturated carbocycles. The van der Waals surface area contributed by atoms with Crippen LogP contribution in [0.2, 0.25) is 0 Å². The maximum atomic E-state index is 9.49. The van der Waals surface area contributed by atoms with Crippen molar-refractivity contribution < 1.29 is 9.84 Å². The number of likely N-dealkylation sites (N-methyl/N-ethyl adjacent to an activating group) is 3. The van der Waals surface area contributed by atoms with Crippen molar-refractivity contribution in [3.05, 3.63) is 12.2 Å². The first-order valence-electron chi connectivity index (χ1n) is 7.20. The van der Waals surface area contributed by atoms with E-state index in [-0.39, 0.29) is 5.96 Å².